The number of nitrogens with one attached hydrogen (secondary N) is 2. The number of imide groups is 1. The molecule has 0 radical (unpaired) electrons. The third-order valence-electron chi connectivity index (χ3n) is 13.5. The number of aromatic amines is 1. The van der Waals surface area contributed by atoms with Crippen molar-refractivity contribution < 1.29 is 28.2 Å². The predicted octanol–water partition coefficient (Wildman–Crippen LogP) is 5.22. The second kappa shape index (κ2) is 15.5. The van der Waals surface area contributed by atoms with Crippen molar-refractivity contribution >= 4 is 40.1 Å². The van der Waals surface area contributed by atoms with Gasteiger partial charge >= 0.3 is 0 Å². The largest absolute Gasteiger partial charge is 0.488 e. The van der Waals surface area contributed by atoms with Gasteiger partial charge in [0.2, 0.25) is 11.8 Å². The monoisotopic (exact) mass is 805 g/mol. The number of anilines is 2. The lowest BCUT2D eigenvalue weighted by atomic mass is 9.86. The number of benzene rings is 2. The Kier molecular flexibility index (Phi) is 9.98. The van der Waals surface area contributed by atoms with E-state index in [2.05, 4.69) is 59.2 Å². The fourth-order valence-electron chi connectivity index (χ4n) is 9.77. The highest BCUT2D eigenvalue weighted by Crippen LogP contribution is 2.41. The molecule has 1 unspecified atom stereocenters. The molecule has 0 spiro atoms. The molecule has 1 atom stereocenters. The number of nitrogens with zero attached hydrogens (tertiary/aromatic N) is 7. The van der Waals surface area contributed by atoms with Gasteiger partial charge in [0, 0.05) is 75.8 Å². The predicted molar refractivity (Wildman–Crippen MR) is 219 cm³/mol. The normalized spacial score (nSPS) is 25.1. The van der Waals surface area contributed by atoms with Gasteiger partial charge in [-0.3, -0.25) is 29.7 Å². The summed E-state index contributed by atoms with van der Waals surface area (Å²) in [6, 6.07) is 10.5. The summed E-state index contributed by atoms with van der Waals surface area (Å²) in [5, 5.41) is 11.0. The summed E-state index contributed by atoms with van der Waals surface area (Å²) < 4.78 is 28.3. The number of aromatic nitrogens is 4. The molecule has 2 aromatic carbocycles. The van der Waals surface area contributed by atoms with E-state index in [4.69, 9.17) is 9.47 Å². The lowest BCUT2D eigenvalue weighted by Gasteiger charge is -2.39. The van der Waals surface area contributed by atoms with Crippen molar-refractivity contribution in [2.24, 2.45) is 5.92 Å². The van der Waals surface area contributed by atoms with Crippen LogP contribution in [0.3, 0.4) is 0 Å². The lowest BCUT2D eigenvalue weighted by molar-refractivity contribution is -0.136. The molecule has 6 heterocycles. The van der Waals surface area contributed by atoms with Crippen LogP contribution < -0.4 is 19.9 Å². The van der Waals surface area contributed by atoms with Crippen LogP contribution in [0.25, 0.3) is 22.3 Å². The first-order valence-electron chi connectivity index (χ1n) is 21.5. The number of carbonyl (C=O) groups excluding carboxylic acids is 3. The number of amides is 3. The molecule has 3 amide bonds. The highest BCUT2D eigenvalue weighted by molar-refractivity contribution is 6.05. The molecule has 2 aromatic heterocycles. The third-order valence-corrected chi connectivity index (χ3v) is 13.5. The maximum Gasteiger partial charge on any atom is 0.255 e. The van der Waals surface area contributed by atoms with E-state index in [1.807, 2.05) is 12.1 Å². The number of carbonyl (C=O) groups is 3. The molecule has 4 aliphatic heterocycles. The quantitative estimate of drug-likeness (QED) is 0.204. The van der Waals surface area contributed by atoms with Crippen molar-refractivity contribution in [2.45, 2.75) is 102 Å². The van der Waals surface area contributed by atoms with Gasteiger partial charge < -0.3 is 24.2 Å². The zero-order chi connectivity index (χ0) is 40.3. The van der Waals surface area contributed by atoms with E-state index in [0.29, 0.717) is 30.3 Å². The zero-order valence-corrected chi connectivity index (χ0v) is 33.6. The summed E-state index contributed by atoms with van der Waals surface area (Å²) in [5.74, 6) is 0.884. The van der Waals surface area contributed by atoms with Crippen LogP contribution in [-0.4, -0.2) is 117 Å². The van der Waals surface area contributed by atoms with Gasteiger partial charge in [-0.15, -0.1) is 0 Å². The molecule has 6 aliphatic rings. The Morgan fingerprint density at radius 2 is 1.64 bits per heavy atom. The number of fused-ring (bicyclic) bond motifs is 2. The third kappa shape index (κ3) is 7.86. The van der Waals surface area contributed by atoms with Crippen LogP contribution in [0, 0.1) is 11.7 Å². The molecule has 10 rings (SSSR count). The maximum atomic E-state index is 15.4. The molecular formula is C44H52FN9O5. The Hall–Kier alpha value is -5.15. The number of hydrogen-bond acceptors (Lipinski definition) is 11. The van der Waals surface area contributed by atoms with Crippen LogP contribution in [0.1, 0.15) is 87.1 Å². The fourth-order valence-corrected chi connectivity index (χ4v) is 9.77. The first-order chi connectivity index (χ1) is 28.6. The van der Waals surface area contributed by atoms with Crippen molar-refractivity contribution in [1.29, 1.82) is 0 Å². The Bertz CT molecular complexity index is 2260. The molecule has 2 aliphatic carbocycles. The van der Waals surface area contributed by atoms with Crippen LogP contribution in [-0.2, 0) is 20.9 Å². The average Bonchev–Trinajstić information content (AvgIpc) is 3.68. The zero-order valence-electron chi connectivity index (χ0n) is 33.6. The van der Waals surface area contributed by atoms with Crippen molar-refractivity contribution in [3.8, 4) is 17.1 Å². The number of piperazine rings is 1. The molecule has 15 heteroatoms. The van der Waals surface area contributed by atoms with Gasteiger partial charge in [-0.2, -0.15) is 5.10 Å². The van der Waals surface area contributed by atoms with Gasteiger partial charge in [0.25, 0.3) is 5.91 Å². The first-order valence-corrected chi connectivity index (χ1v) is 21.5. The highest BCUT2D eigenvalue weighted by Gasteiger charge is 2.41. The highest BCUT2D eigenvalue weighted by atomic mass is 19.1. The Labute approximate surface area is 342 Å². The Morgan fingerprint density at radius 1 is 0.864 bits per heavy atom. The van der Waals surface area contributed by atoms with Gasteiger partial charge in [0.15, 0.2) is 0 Å². The summed E-state index contributed by atoms with van der Waals surface area (Å²) in [6.45, 7) is 8.69. The first kappa shape index (κ1) is 38.1. The lowest BCUT2D eigenvalue weighted by Crippen LogP contribution is -2.52. The average molecular weight is 806 g/mol. The molecule has 2 N–H and O–H groups in total. The molecule has 14 nitrogen and oxygen atoms in total. The van der Waals surface area contributed by atoms with E-state index in [-0.39, 0.29) is 49.0 Å². The van der Waals surface area contributed by atoms with E-state index >= 15 is 4.39 Å². The minimum Gasteiger partial charge on any atom is -0.488 e. The van der Waals surface area contributed by atoms with Gasteiger partial charge in [-0.1, -0.05) is 0 Å². The van der Waals surface area contributed by atoms with E-state index in [1.54, 1.807) is 12.4 Å². The molecule has 310 valence electrons. The van der Waals surface area contributed by atoms with Crippen molar-refractivity contribution in [2.75, 3.05) is 55.6 Å². The van der Waals surface area contributed by atoms with E-state index in [9.17, 15) is 14.4 Å². The summed E-state index contributed by atoms with van der Waals surface area (Å²) in [6.07, 6.45) is 10.8. The summed E-state index contributed by atoms with van der Waals surface area (Å²) in [4.78, 5) is 54.9. The van der Waals surface area contributed by atoms with Gasteiger partial charge in [-0.25, -0.2) is 14.4 Å². The summed E-state index contributed by atoms with van der Waals surface area (Å²) in [5.41, 5.74) is 4.06. The molecule has 2 saturated carbocycles. The second-order valence-electron chi connectivity index (χ2n) is 17.7. The smallest absolute Gasteiger partial charge is 0.255 e. The second-order valence-corrected chi connectivity index (χ2v) is 17.7. The van der Waals surface area contributed by atoms with E-state index < -0.39 is 17.8 Å². The van der Waals surface area contributed by atoms with Crippen molar-refractivity contribution in [1.82, 2.24) is 35.3 Å². The minimum atomic E-state index is -0.717. The summed E-state index contributed by atoms with van der Waals surface area (Å²) >= 11 is 0. The molecule has 3 saturated heterocycles. The Balaban J connectivity index is 0.667. The molecule has 59 heavy (non-hydrogen) atoms. The maximum absolute atomic E-state index is 15.4. The van der Waals surface area contributed by atoms with Crippen LogP contribution in [0.4, 0.5) is 15.9 Å². The van der Waals surface area contributed by atoms with Crippen LogP contribution in [0.15, 0.2) is 42.7 Å². The standard InChI is InChI=1S/C44H52FN9O5/c1-44(12-13-44)59-31-6-7-35-33(21-31)41(50-49-35)36-23-39(47-26-46-36)53-18-16-51(17-19-53)24-27-2-4-29(5-3-27)58-30-10-14-52(15-11-30)38-20-28-25-54(43(57)32(28)22-34(38)45)37-8-9-40(55)48-42(37)56/h6-7,20-23,26-27,29-30,37H,2-5,8-19,24-25H2,1H3,(H,49,50)(H,48,55,56)/t27-,29-,37?. The van der Waals surface area contributed by atoms with E-state index in [0.717, 1.165) is 124 Å². The fraction of sp³-hybridized carbons (Fsp3) is 0.545. The van der Waals surface area contributed by atoms with Crippen molar-refractivity contribution in [3.63, 3.8) is 0 Å². The molecule has 5 fully saturated rings. The number of rotatable bonds is 10. The molecule has 4 aromatic rings. The van der Waals surface area contributed by atoms with Gasteiger partial charge in [-0.05, 0) is 107 Å². The van der Waals surface area contributed by atoms with Gasteiger partial charge in [0.1, 0.15) is 35.4 Å². The van der Waals surface area contributed by atoms with Crippen molar-refractivity contribution in [3.05, 3.63) is 59.7 Å². The number of hydrogen-bond donors (Lipinski definition) is 2. The topological polar surface area (TPSA) is 149 Å². The minimum absolute atomic E-state index is 0.0483. The number of H-pyrrole nitrogens is 1. The van der Waals surface area contributed by atoms with Crippen LogP contribution in [0.5, 0.6) is 5.75 Å². The van der Waals surface area contributed by atoms with Crippen LogP contribution >= 0.6 is 0 Å². The van der Waals surface area contributed by atoms with Gasteiger partial charge in [0.05, 0.1) is 34.8 Å². The summed E-state index contributed by atoms with van der Waals surface area (Å²) in [7, 11) is 0. The molecule has 0 bridgehead atoms. The number of piperidine rings is 2. The number of halogens is 1. The van der Waals surface area contributed by atoms with Crippen LogP contribution in [0.2, 0.25) is 0 Å². The molecular weight excluding hydrogens is 754 g/mol. The van der Waals surface area contributed by atoms with E-state index in [1.165, 1.54) is 11.0 Å². The number of ether oxygens (including phenoxy) is 2. The SMILES string of the molecule is CC1(Oc2ccc3n[nH]c(-c4cc(N5CCN(C[C@H]6CC[C@H](OC7CCN(c8cc9c(cc8F)C(=O)N(C8CCC(=O)NC8=O)C9)CC7)CC6)CC5)ncn4)c3c2)CC1. The Morgan fingerprint density at radius 3 is 2.41 bits per heavy atom.